The van der Waals surface area contributed by atoms with Gasteiger partial charge >= 0.3 is 0 Å². The second kappa shape index (κ2) is 8.84. The Morgan fingerprint density at radius 2 is 1.00 bits per heavy atom. The molecular formula is C18H22N2O7. The van der Waals surface area contributed by atoms with Gasteiger partial charge in [0.05, 0.1) is 54.8 Å². The molecule has 0 unspecified atom stereocenters. The normalized spacial score (nSPS) is 11.0. The molecule has 2 rings (SSSR count). The summed E-state index contributed by atoms with van der Waals surface area (Å²) in [7, 11) is 8.87. The second-order valence-electron chi connectivity index (χ2n) is 5.14. The zero-order valence-electron chi connectivity index (χ0n) is 16.1. The average Bonchev–Trinajstić information content (AvgIpc) is 2.71. The highest BCUT2D eigenvalue weighted by molar-refractivity contribution is 5.60. The quantitative estimate of drug-likeness (QED) is 0.393. The molecule has 0 saturated heterocycles. The van der Waals surface area contributed by atoms with Crippen LogP contribution >= 0.6 is 0 Å². The third-order valence-electron chi connectivity index (χ3n) is 3.73. The van der Waals surface area contributed by atoms with Crippen molar-refractivity contribution >= 4 is 11.4 Å². The van der Waals surface area contributed by atoms with E-state index >= 15 is 0 Å². The van der Waals surface area contributed by atoms with Gasteiger partial charge in [-0.2, -0.15) is 0 Å². The lowest BCUT2D eigenvalue weighted by Gasteiger charge is -2.13. The van der Waals surface area contributed by atoms with Crippen LogP contribution in [0.25, 0.3) is 0 Å². The first-order chi connectivity index (χ1) is 13.0. The number of hydrogen-bond acceptors (Lipinski definition) is 8. The van der Waals surface area contributed by atoms with Crippen molar-refractivity contribution in [3.8, 4) is 34.5 Å². The first-order valence-corrected chi connectivity index (χ1v) is 7.81. The van der Waals surface area contributed by atoms with E-state index in [9.17, 15) is 5.21 Å². The van der Waals surface area contributed by atoms with Crippen molar-refractivity contribution in [2.24, 2.45) is 5.11 Å². The van der Waals surface area contributed by atoms with Crippen molar-refractivity contribution in [3.63, 3.8) is 0 Å². The SMILES string of the molecule is COc1cc(N=[N+]([O-])c2cc(OC)c(OC)c(OC)c2)cc(OC)c1OC. The van der Waals surface area contributed by atoms with Gasteiger partial charge in [-0.3, -0.25) is 0 Å². The van der Waals surface area contributed by atoms with Gasteiger partial charge in [-0.25, -0.2) is 0 Å². The molecule has 0 aromatic heterocycles. The summed E-state index contributed by atoms with van der Waals surface area (Å²) in [5, 5.41) is 16.6. The molecule has 0 aliphatic heterocycles. The lowest BCUT2D eigenvalue weighted by molar-refractivity contribution is -0.435. The van der Waals surface area contributed by atoms with Crippen LogP contribution in [0.3, 0.4) is 0 Å². The first kappa shape index (κ1) is 20.0. The molecule has 0 fully saturated rings. The number of ether oxygens (including phenoxy) is 6. The minimum Gasteiger partial charge on any atom is -0.594 e. The molecule has 0 bridgehead atoms. The Hall–Kier alpha value is -3.36. The van der Waals surface area contributed by atoms with Crippen molar-refractivity contribution < 1.29 is 33.3 Å². The van der Waals surface area contributed by atoms with Gasteiger partial charge in [-0.05, 0) is 4.86 Å². The average molecular weight is 378 g/mol. The minimum absolute atomic E-state index is 0.193. The van der Waals surface area contributed by atoms with Crippen LogP contribution in [0.2, 0.25) is 0 Å². The molecule has 0 aliphatic rings. The second-order valence-corrected chi connectivity index (χ2v) is 5.14. The highest BCUT2D eigenvalue weighted by atomic mass is 16.5. The van der Waals surface area contributed by atoms with Gasteiger partial charge in [-0.1, -0.05) is 0 Å². The molecule has 0 spiro atoms. The fraction of sp³-hybridized carbons (Fsp3) is 0.333. The van der Waals surface area contributed by atoms with Crippen molar-refractivity contribution in [2.45, 2.75) is 0 Å². The molecule has 0 aliphatic carbocycles. The fourth-order valence-corrected chi connectivity index (χ4v) is 2.47. The molecule has 0 heterocycles. The predicted octanol–water partition coefficient (Wildman–Crippen LogP) is 3.66. The van der Waals surface area contributed by atoms with Gasteiger partial charge in [-0.15, -0.1) is 0 Å². The number of nitrogens with zero attached hydrogens (tertiary/aromatic N) is 2. The van der Waals surface area contributed by atoms with Crippen molar-refractivity contribution in [1.29, 1.82) is 0 Å². The van der Waals surface area contributed by atoms with Gasteiger partial charge in [0.2, 0.25) is 11.5 Å². The molecule has 2 aromatic carbocycles. The summed E-state index contributed by atoms with van der Waals surface area (Å²) in [5.41, 5.74) is 0.506. The molecule has 0 radical (unpaired) electrons. The van der Waals surface area contributed by atoms with Gasteiger partial charge in [0, 0.05) is 17.2 Å². The smallest absolute Gasteiger partial charge is 0.252 e. The van der Waals surface area contributed by atoms with E-state index in [0.29, 0.717) is 45.0 Å². The molecule has 2 aromatic rings. The Bertz CT molecular complexity index is 786. The third-order valence-corrected chi connectivity index (χ3v) is 3.73. The largest absolute Gasteiger partial charge is 0.594 e. The van der Waals surface area contributed by atoms with E-state index in [0.717, 1.165) is 0 Å². The predicted molar refractivity (Wildman–Crippen MR) is 97.6 cm³/mol. The van der Waals surface area contributed by atoms with E-state index in [1.54, 1.807) is 12.1 Å². The van der Waals surface area contributed by atoms with Crippen LogP contribution in [-0.4, -0.2) is 47.5 Å². The van der Waals surface area contributed by atoms with Crippen LogP contribution in [0.4, 0.5) is 11.4 Å². The maximum absolute atomic E-state index is 12.6. The summed E-state index contributed by atoms with van der Waals surface area (Å²) in [6.45, 7) is 0. The van der Waals surface area contributed by atoms with Crippen LogP contribution in [0.1, 0.15) is 0 Å². The molecule has 0 amide bonds. The summed E-state index contributed by atoms with van der Waals surface area (Å²) in [4.78, 5) is 0.436. The summed E-state index contributed by atoms with van der Waals surface area (Å²) in [6.07, 6.45) is 0. The number of methoxy groups -OCH3 is 6. The van der Waals surface area contributed by atoms with Gasteiger partial charge in [0.1, 0.15) is 5.69 Å². The number of hydrogen-bond donors (Lipinski definition) is 0. The monoisotopic (exact) mass is 378 g/mol. The Kier molecular flexibility index (Phi) is 6.53. The topological polar surface area (TPSA) is 93.8 Å². The first-order valence-electron chi connectivity index (χ1n) is 7.81. The van der Waals surface area contributed by atoms with E-state index in [1.807, 2.05) is 0 Å². The molecule has 9 heteroatoms. The van der Waals surface area contributed by atoms with Crippen LogP contribution in [0.15, 0.2) is 29.4 Å². The Morgan fingerprint density at radius 1 is 0.630 bits per heavy atom. The number of benzene rings is 2. The van der Waals surface area contributed by atoms with E-state index in [4.69, 9.17) is 28.4 Å². The molecule has 27 heavy (non-hydrogen) atoms. The summed E-state index contributed by atoms with van der Waals surface area (Å²) < 4.78 is 31.6. The highest BCUT2D eigenvalue weighted by Crippen LogP contribution is 2.43. The molecule has 9 nitrogen and oxygen atoms in total. The van der Waals surface area contributed by atoms with E-state index < -0.39 is 0 Å². The van der Waals surface area contributed by atoms with Gasteiger partial charge in [0.15, 0.2) is 23.0 Å². The fourth-order valence-electron chi connectivity index (χ4n) is 2.47. The zero-order chi connectivity index (χ0) is 20.0. The Labute approximate surface area is 157 Å². The summed E-state index contributed by atoms with van der Waals surface area (Å²) in [6, 6.07) is 6.11. The van der Waals surface area contributed by atoms with E-state index in [-0.39, 0.29) is 5.69 Å². The van der Waals surface area contributed by atoms with Crippen molar-refractivity contribution in [2.75, 3.05) is 42.7 Å². The third kappa shape index (κ3) is 4.08. The van der Waals surface area contributed by atoms with Crippen molar-refractivity contribution in [3.05, 3.63) is 29.5 Å². The molecular weight excluding hydrogens is 356 g/mol. The maximum atomic E-state index is 12.6. The van der Waals surface area contributed by atoms with Crippen LogP contribution in [-0.2, 0) is 0 Å². The summed E-state index contributed by atoms with van der Waals surface area (Å²) in [5.74, 6) is 2.23. The van der Waals surface area contributed by atoms with Gasteiger partial charge < -0.3 is 33.6 Å². The number of rotatable bonds is 8. The van der Waals surface area contributed by atoms with Crippen molar-refractivity contribution in [1.82, 2.24) is 0 Å². The highest BCUT2D eigenvalue weighted by Gasteiger charge is 2.19. The summed E-state index contributed by atoms with van der Waals surface area (Å²) >= 11 is 0. The molecule has 0 saturated carbocycles. The minimum atomic E-state index is 0.193. The zero-order valence-corrected chi connectivity index (χ0v) is 16.1. The van der Waals surface area contributed by atoms with E-state index in [2.05, 4.69) is 5.11 Å². The Balaban J connectivity index is 2.54. The maximum Gasteiger partial charge on any atom is 0.252 e. The van der Waals surface area contributed by atoms with E-state index in [1.165, 1.54) is 54.8 Å². The van der Waals surface area contributed by atoms with Gasteiger partial charge in [0.25, 0.3) is 5.69 Å². The lowest BCUT2D eigenvalue weighted by atomic mass is 10.2. The van der Waals surface area contributed by atoms with Crippen LogP contribution in [0.5, 0.6) is 34.5 Å². The molecule has 146 valence electrons. The molecule has 0 N–H and O–H groups in total. The molecule has 0 atom stereocenters. The standard InChI is InChI=1S/C18H22N2O7/c1-22-13-7-11(8-14(23-2)17(13)26-5)19-20(21)12-9-15(24-3)18(27-6)16(10-12)25-4/h7-10H,1-6H3. The van der Waals surface area contributed by atoms with Crippen LogP contribution in [0, 0.1) is 5.21 Å². The number of azo groups is 1. The Morgan fingerprint density at radius 3 is 1.33 bits per heavy atom. The lowest BCUT2D eigenvalue weighted by Crippen LogP contribution is -1.98. The van der Waals surface area contributed by atoms with Crippen LogP contribution < -0.4 is 28.4 Å².